The van der Waals surface area contributed by atoms with Crippen LogP contribution in [-0.2, 0) is 7.05 Å². The lowest BCUT2D eigenvalue weighted by Crippen LogP contribution is -2.19. The number of aromatic hydroxyl groups is 1. The second-order valence-electron chi connectivity index (χ2n) is 2.43. The van der Waals surface area contributed by atoms with Crippen molar-refractivity contribution in [2.24, 2.45) is 7.05 Å². The fourth-order valence-electron chi connectivity index (χ4n) is 0.816. The Morgan fingerprint density at radius 2 is 1.83 bits per heavy atom. The number of aromatic nitrogens is 1. The van der Waals surface area contributed by atoms with Crippen LogP contribution in [0, 0.1) is 6.92 Å². The summed E-state index contributed by atoms with van der Waals surface area (Å²) in [7, 11) is 1.65. The van der Waals surface area contributed by atoms with Gasteiger partial charge in [-0.15, -0.1) is 0 Å². The highest BCUT2D eigenvalue weighted by Crippen LogP contribution is 2.31. The molecule has 66 valence electrons. The first-order valence-corrected chi connectivity index (χ1v) is 4.79. The Kier molecular flexibility index (Phi) is 2.63. The van der Waals surface area contributed by atoms with E-state index in [2.05, 4.69) is 31.9 Å². The molecule has 1 aromatic heterocycles. The molecule has 3 nitrogen and oxygen atoms in total. The SMILES string of the molecule is Cc1c(Br)c(O)c(Br)c(=O)n1C. The molecule has 1 aromatic rings. The molecule has 12 heavy (non-hydrogen) atoms. The molecule has 5 heteroatoms. The van der Waals surface area contributed by atoms with E-state index >= 15 is 0 Å². The van der Waals surface area contributed by atoms with Crippen molar-refractivity contribution in [3.05, 3.63) is 25.0 Å². The van der Waals surface area contributed by atoms with Crippen molar-refractivity contribution in [2.45, 2.75) is 6.92 Å². The number of hydrogen-bond donors (Lipinski definition) is 1. The third-order valence-corrected chi connectivity index (χ3v) is 3.39. The summed E-state index contributed by atoms with van der Waals surface area (Å²) >= 11 is 6.18. The van der Waals surface area contributed by atoms with Gasteiger partial charge in [-0.05, 0) is 38.8 Å². The lowest BCUT2D eigenvalue weighted by Gasteiger charge is -2.08. The maximum Gasteiger partial charge on any atom is 0.268 e. The predicted molar refractivity (Wildman–Crippen MR) is 53.5 cm³/mol. The molecule has 0 aromatic carbocycles. The maximum absolute atomic E-state index is 11.3. The number of rotatable bonds is 0. The van der Waals surface area contributed by atoms with E-state index in [1.165, 1.54) is 4.57 Å². The van der Waals surface area contributed by atoms with Crippen molar-refractivity contribution in [2.75, 3.05) is 0 Å². The largest absolute Gasteiger partial charge is 0.505 e. The van der Waals surface area contributed by atoms with Gasteiger partial charge < -0.3 is 9.67 Å². The van der Waals surface area contributed by atoms with Gasteiger partial charge >= 0.3 is 0 Å². The van der Waals surface area contributed by atoms with Gasteiger partial charge in [-0.25, -0.2) is 0 Å². The monoisotopic (exact) mass is 295 g/mol. The van der Waals surface area contributed by atoms with Crippen LogP contribution in [0.25, 0.3) is 0 Å². The molecule has 0 fully saturated rings. The highest BCUT2D eigenvalue weighted by atomic mass is 79.9. The second kappa shape index (κ2) is 3.22. The standard InChI is InChI=1S/C7H7Br2NO2/c1-3-4(8)6(11)5(9)7(12)10(3)2/h11H,1-2H3. The molecule has 0 bridgehead atoms. The Hall–Kier alpha value is -0.290. The summed E-state index contributed by atoms with van der Waals surface area (Å²) < 4.78 is 2.17. The third-order valence-electron chi connectivity index (χ3n) is 1.73. The molecule has 0 amide bonds. The molecule has 0 radical (unpaired) electrons. The first kappa shape index (κ1) is 9.80. The van der Waals surface area contributed by atoms with Gasteiger partial charge in [-0.2, -0.15) is 0 Å². The van der Waals surface area contributed by atoms with Gasteiger partial charge in [0.2, 0.25) is 0 Å². The Labute approximate surface area is 86.3 Å². The van der Waals surface area contributed by atoms with E-state index < -0.39 is 0 Å². The highest BCUT2D eigenvalue weighted by Gasteiger charge is 2.12. The molecule has 0 aliphatic rings. The van der Waals surface area contributed by atoms with Crippen molar-refractivity contribution in [1.82, 2.24) is 4.57 Å². The Morgan fingerprint density at radius 1 is 1.33 bits per heavy atom. The molecule has 0 atom stereocenters. The molecule has 0 saturated carbocycles. The average Bonchev–Trinajstić information content (AvgIpc) is 2.08. The first-order chi connectivity index (χ1) is 5.46. The van der Waals surface area contributed by atoms with E-state index in [1.54, 1.807) is 14.0 Å². The van der Waals surface area contributed by atoms with E-state index in [9.17, 15) is 9.90 Å². The van der Waals surface area contributed by atoms with E-state index in [4.69, 9.17) is 0 Å². The molecule has 0 spiro atoms. The third kappa shape index (κ3) is 1.31. The molecule has 1 heterocycles. The molecular weight excluding hydrogens is 290 g/mol. The molecule has 1 N–H and O–H groups in total. The zero-order valence-corrected chi connectivity index (χ0v) is 9.73. The van der Waals surface area contributed by atoms with E-state index in [0.29, 0.717) is 10.2 Å². The van der Waals surface area contributed by atoms with Crippen molar-refractivity contribution in [3.63, 3.8) is 0 Å². The van der Waals surface area contributed by atoms with E-state index in [-0.39, 0.29) is 15.8 Å². The highest BCUT2D eigenvalue weighted by molar-refractivity contribution is 9.11. The molecule has 0 aliphatic heterocycles. The summed E-state index contributed by atoms with van der Waals surface area (Å²) in [4.78, 5) is 11.3. The average molecular weight is 297 g/mol. The van der Waals surface area contributed by atoms with Crippen molar-refractivity contribution < 1.29 is 5.11 Å². The van der Waals surface area contributed by atoms with Gasteiger partial charge in [-0.3, -0.25) is 4.79 Å². The molecular formula is C7H7Br2NO2. The van der Waals surface area contributed by atoms with Gasteiger partial charge in [0.25, 0.3) is 5.56 Å². The quantitative estimate of drug-likeness (QED) is 0.795. The molecule has 0 unspecified atom stereocenters. The van der Waals surface area contributed by atoms with Gasteiger partial charge in [0.15, 0.2) is 5.75 Å². The fraction of sp³-hybridized carbons (Fsp3) is 0.286. The Bertz CT molecular complexity index is 352. The van der Waals surface area contributed by atoms with E-state index in [0.717, 1.165) is 0 Å². The van der Waals surface area contributed by atoms with Crippen LogP contribution >= 0.6 is 31.9 Å². The van der Waals surface area contributed by atoms with Gasteiger partial charge in [0, 0.05) is 12.7 Å². The van der Waals surface area contributed by atoms with E-state index in [1.807, 2.05) is 0 Å². The van der Waals surface area contributed by atoms with Gasteiger partial charge in [0.05, 0.1) is 4.47 Å². The fourth-order valence-corrected chi connectivity index (χ4v) is 2.01. The zero-order valence-electron chi connectivity index (χ0n) is 6.56. The second-order valence-corrected chi connectivity index (χ2v) is 4.01. The summed E-state index contributed by atoms with van der Waals surface area (Å²) in [6.07, 6.45) is 0. The van der Waals surface area contributed by atoms with Crippen LogP contribution in [0.5, 0.6) is 5.75 Å². The smallest absolute Gasteiger partial charge is 0.268 e. The minimum absolute atomic E-state index is 0.0457. The van der Waals surface area contributed by atoms with Crippen LogP contribution in [0.3, 0.4) is 0 Å². The molecule has 0 aliphatic carbocycles. The number of hydrogen-bond acceptors (Lipinski definition) is 2. The Morgan fingerprint density at radius 3 is 2.33 bits per heavy atom. The summed E-state index contributed by atoms with van der Waals surface area (Å²) in [5.41, 5.74) is 0.453. The zero-order chi connectivity index (χ0) is 9.46. The van der Waals surface area contributed by atoms with Crippen LogP contribution < -0.4 is 5.56 Å². The summed E-state index contributed by atoms with van der Waals surface area (Å²) in [5.74, 6) is -0.0457. The van der Waals surface area contributed by atoms with Gasteiger partial charge in [0.1, 0.15) is 4.47 Å². The Balaban J connectivity index is 3.73. The predicted octanol–water partition coefficient (Wildman–Crippen LogP) is 1.92. The van der Waals surface area contributed by atoms with Crippen molar-refractivity contribution in [3.8, 4) is 5.75 Å². The molecule has 1 rings (SSSR count). The summed E-state index contributed by atoms with van der Waals surface area (Å²) in [6, 6.07) is 0. The lowest BCUT2D eigenvalue weighted by atomic mass is 10.3. The number of pyridine rings is 1. The lowest BCUT2D eigenvalue weighted by molar-refractivity contribution is 0.463. The topological polar surface area (TPSA) is 42.2 Å². The van der Waals surface area contributed by atoms with Crippen LogP contribution in [-0.4, -0.2) is 9.67 Å². The molecule has 0 saturated heterocycles. The summed E-state index contributed by atoms with van der Waals surface area (Å²) in [6.45, 7) is 1.75. The normalized spacial score (nSPS) is 10.3. The van der Waals surface area contributed by atoms with Gasteiger partial charge in [-0.1, -0.05) is 0 Å². The maximum atomic E-state index is 11.3. The minimum Gasteiger partial charge on any atom is -0.505 e. The van der Waals surface area contributed by atoms with Crippen LogP contribution in [0.4, 0.5) is 0 Å². The van der Waals surface area contributed by atoms with Crippen LogP contribution in [0.15, 0.2) is 13.7 Å². The summed E-state index contributed by atoms with van der Waals surface area (Å²) in [5, 5.41) is 9.39. The van der Waals surface area contributed by atoms with Crippen LogP contribution in [0.1, 0.15) is 5.69 Å². The van der Waals surface area contributed by atoms with Crippen LogP contribution in [0.2, 0.25) is 0 Å². The number of nitrogens with zero attached hydrogens (tertiary/aromatic N) is 1. The minimum atomic E-state index is -0.242. The first-order valence-electron chi connectivity index (χ1n) is 3.20. The number of halogens is 2. The van der Waals surface area contributed by atoms with Crippen molar-refractivity contribution >= 4 is 31.9 Å². The van der Waals surface area contributed by atoms with Crippen molar-refractivity contribution in [1.29, 1.82) is 0 Å².